The van der Waals surface area contributed by atoms with Gasteiger partial charge < -0.3 is 10.2 Å². The minimum absolute atomic E-state index is 0.182. The molecule has 2 aromatic carbocycles. The number of benzene rings is 2. The molecule has 0 fully saturated rings. The Balaban J connectivity index is 1.75. The van der Waals surface area contributed by atoms with Crippen LogP contribution in [0.15, 0.2) is 45.8 Å². The van der Waals surface area contributed by atoms with E-state index in [0.717, 1.165) is 15.1 Å². The number of hydrogen-bond donors (Lipinski definition) is 2. The van der Waals surface area contributed by atoms with E-state index in [1.807, 2.05) is 24.3 Å². The quantitative estimate of drug-likeness (QED) is 0.230. The summed E-state index contributed by atoms with van der Waals surface area (Å²) in [4.78, 5) is 0.864. The van der Waals surface area contributed by atoms with Gasteiger partial charge in [0.05, 0.1) is 4.90 Å². The molecule has 0 radical (unpaired) electrons. The molecule has 0 spiro atoms. The maximum atomic E-state index is 10.7. The summed E-state index contributed by atoms with van der Waals surface area (Å²) in [7, 11) is 0. The van der Waals surface area contributed by atoms with Crippen molar-refractivity contribution in [3.05, 3.63) is 40.9 Å². The van der Waals surface area contributed by atoms with E-state index in [9.17, 15) is 10.2 Å². The predicted molar refractivity (Wildman–Crippen MR) is 125 cm³/mol. The van der Waals surface area contributed by atoms with Crippen molar-refractivity contribution in [1.82, 2.24) is 0 Å². The van der Waals surface area contributed by atoms with Crippen LogP contribution in [0.3, 0.4) is 0 Å². The Bertz CT molecular complexity index is 718. The van der Waals surface area contributed by atoms with Crippen molar-refractivity contribution in [1.29, 1.82) is 0 Å². The van der Waals surface area contributed by atoms with Crippen molar-refractivity contribution < 1.29 is 10.2 Å². The van der Waals surface area contributed by atoms with Gasteiger partial charge in [-0.2, -0.15) is 0 Å². The smallest absolute Gasteiger partial charge is 0.137 e. The fraction of sp³-hybridized carbons (Fsp3) is 0.500. The van der Waals surface area contributed by atoms with E-state index in [1.165, 1.54) is 64.2 Å². The minimum atomic E-state index is 0.182. The Kier molecular flexibility index (Phi) is 10.9. The van der Waals surface area contributed by atoms with Crippen LogP contribution in [-0.4, -0.2) is 16.0 Å². The Labute approximate surface area is 182 Å². The molecule has 0 saturated carbocycles. The van der Waals surface area contributed by atoms with Crippen molar-refractivity contribution in [3.8, 4) is 22.6 Å². The van der Waals surface area contributed by atoms with Gasteiger partial charge in [-0.1, -0.05) is 98.8 Å². The first kappa shape index (κ1) is 23.2. The van der Waals surface area contributed by atoms with Gasteiger partial charge in [0, 0.05) is 15.6 Å². The molecule has 2 N–H and O–H groups in total. The summed E-state index contributed by atoms with van der Waals surface area (Å²) in [5.41, 5.74) is 1.32. The monoisotopic (exact) mass is 464 g/mol. The second-order valence-electron chi connectivity index (χ2n) is 7.35. The summed E-state index contributed by atoms with van der Waals surface area (Å²) in [6.07, 6.45) is 13.3. The molecule has 0 aliphatic rings. The third kappa shape index (κ3) is 7.71. The van der Waals surface area contributed by atoms with Crippen molar-refractivity contribution in [2.24, 2.45) is 0 Å². The number of para-hydroxylation sites is 1. The highest BCUT2D eigenvalue weighted by Crippen LogP contribution is 2.43. The van der Waals surface area contributed by atoms with Gasteiger partial charge in [0.1, 0.15) is 11.5 Å². The van der Waals surface area contributed by atoms with Gasteiger partial charge in [0.25, 0.3) is 0 Å². The Morgan fingerprint density at radius 2 is 1.39 bits per heavy atom. The molecule has 0 saturated heterocycles. The van der Waals surface area contributed by atoms with E-state index < -0.39 is 0 Å². The summed E-state index contributed by atoms with van der Waals surface area (Å²) in [6, 6.07) is 10.9. The van der Waals surface area contributed by atoms with Crippen molar-refractivity contribution in [2.75, 3.05) is 5.75 Å². The van der Waals surface area contributed by atoms with Crippen LogP contribution in [0.2, 0.25) is 0 Å². The normalized spacial score (nSPS) is 11.1. The topological polar surface area (TPSA) is 40.5 Å². The summed E-state index contributed by atoms with van der Waals surface area (Å²) < 4.78 is 0.911. The number of halogens is 1. The lowest BCUT2D eigenvalue weighted by atomic mass is 10.0. The maximum absolute atomic E-state index is 10.7. The zero-order chi connectivity index (χ0) is 20.2. The van der Waals surface area contributed by atoms with E-state index in [1.54, 1.807) is 23.9 Å². The summed E-state index contributed by atoms with van der Waals surface area (Å²) in [6.45, 7) is 2.26. The molecule has 0 heterocycles. The van der Waals surface area contributed by atoms with Crippen molar-refractivity contribution in [3.63, 3.8) is 0 Å². The molecule has 0 aliphatic heterocycles. The lowest BCUT2D eigenvalue weighted by molar-refractivity contribution is 0.460. The van der Waals surface area contributed by atoms with E-state index in [0.29, 0.717) is 11.1 Å². The van der Waals surface area contributed by atoms with Gasteiger partial charge in [0.2, 0.25) is 0 Å². The summed E-state index contributed by atoms with van der Waals surface area (Å²) in [5, 5.41) is 20.8. The standard InChI is InChI=1S/C24H33BrO2S/c1-2-3-4-5-6-7-8-9-10-13-16-28-23-18-19(25)17-21(24(23)27)20-14-11-12-15-22(20)26/h11-12,14-15,17-18,26-27H,2-10,13,16H2,1H3. The molecule has 0 bridgehead atoms. The molecule has 154 valence electrons. The molecule has 0 amide bonds. The SMILES string of the molecule is CCCCCCCCCCCCSc1cc(Br)cc(-c2ccccc2O)c1O. The average molecular weight is 465 g/mol. The number of phenols is 2. The van der Waals surface area contributed by atoms with E-state index in [4.69, 9.17) is 0 Å². The second kappa shape index (κ2) is 13.2. The molecule has 0 aromatic heterocycles. The fourth-order valence-electron chi connectivity index (χ4n) is 3.36. The Morgan fingerprint density at radius 1 is 0.786 bits per heavy atom. The number of phenolic OH excluding ortho intramolecular Hbond substituents is 2. The third-order valence-electron chi connectivity index (χ3n) is 4.99. The third-order valence-corrected chi connectivity index (χ3v) is 6.56. The first-order chi connectivity index (χ1) is 13.6. The van der Waals surface area contributed by atoms with Crippen LogP contribution in [0.5, 0.6) is 11.5 Å². The van der Waals surface area contributed by atoms with Crippen LogP contribution in [0, 0.1) is 0 Å². The van der Waals surface area contributed by atoms with Crippen LogP contribution in [0.4, 0.5) is 0 Å². The first-order valence-corrected chi connectivity index (χ1v) is 12.3. The Hall–Kier alpha value is -1.13. The first-order valence-electron chi connectivity index (χ1n) is 10.6. The lowest BCUT2D eigenvalue weighted by Crippen LogP contribution is -1.87. The number of aromatic hydroxyl groups is 2. The minimum Gasteiger partial charge on any atom is -0.507 e. The largest absolute Gasteiger partial charge is 0.507 e. The average Bonchev–Trinajstić information content (AvgIpc) is 2.69. The number of rotatable bonds is 13. The maximum Gasteiger partial charge on any atom is 0.137 e. The molecule has 2 rings (SSSR count). The zero-order valence-corrected chi connectivity index (χ0v) is 19.3. The molecule has 2 aromatic rings. The van der Waals surface area contributed by atoms with Crippen LogP contribution >= 0.6 is 27.7 Å². The van der Waals surface area contributed by atoms with Crippen molar-refractivity contribution in [2.45, 2.75) is 76.0 Å². The summed E-state index contributed by atoms with van der Waals surface area (Å²) >= 11 is 5.23. The van der Waals surface area contributed by atoms with E-state index in [-0.39, 0.29) is 11.5 Å². The van der Waals surface area contributed by atoms with Gasteiger partial charge in [-0.3, -0.25) is 0 Å². The highest BCUT2D eigenvalue weighted by molar-refractivity contribution is 9.10. The highest BCUT2D eigenvalue weighted by Gasteiger charge is 2.14. The lowest BCUT2D eigenvalue weighted by Gasteiger charge is -2.12. The van der Waals surface area contributed by atoms with Gasteiger partial charge in [0.15, 0.2) is 0 Å². The van der Waals surface area contributed by atoms with Crippen LogP contribution in [-0.2, 0) is 0 Å². The fourth-order valence-corrected chi connectivity index (χ4v) is 5.00. The molecule has 0 atom stereocenters. The molecule has 2 nitrogen and oxygen atoms in total. The van der Waals surface area contributed by atoms with Gasteiger partial charge in [-0.05, 0) is 30.4 Å². The van der Waals surface area contributed by atoms with Crippen LogP contribution in [0.1, 0.15) is 71.1 Å². The summed E-state index contributed by atoms with van der Waals surface area (Å²) in [5.74, 6) is 1.43. The van der Waals surface area contributed by atoms with E-state index >= 15 is 0 Å². The van der Waals surface area contributed by atoms with Crippen LogP contribution < -0.4 is 0 Å². The number of thioether (sulfide) groups is 1. The molecular formula is C24H33BrO2S. The van der Waals surface area contributed by atoms with Gasteiger partial charge in [-0.25, -0.2) is 0 Å². The number of unbranched alkanes of at least 4 members (excludes halogenated alkanes) is 9. The number of hydrogen-bond acceptors (Lipinski definition) is 3. The second-order valence-corrected chi connectivity index (χ2v) is 9.40. The van der Waals surface area contributed by atoms with E-state index in [2.05, 4.69) is 22.9 Å². The molecule has 0 aliphatic carbocycles. The van der Waals surface area contributed by atoms with Crippen LogP contribution in [0.25, 0.3) is 11.1 Å². The highest BCUT2D eigenvalue weighted by atomic mass is 79.9. The molecule has 28 heavy (non-hydrogen) atoms. The van der Waals surface area contributed by atoms with Gasteiger partial charge >= 0.3 is 0 Å². The van der Waals surface area contributed by atoms with Crippen molar-refractivity contribution >= 4 is 27.7 Å². The molecule has 0 unspecified atom stereocenters. The molecule has 4 heteroatoms. The predicted octanol–water partition coefficient (Wildman–Crippen LogP) is 8.54. The zero-order valence-electron chi connectivity index (χ0n) is 16.9. The molecular weight excluding hydrogens is 432 g/mol. The Morgan fingerprint density at radius 3 is 2.04 bits per heavy atom. The van der Waals surface area contributed by atoms with Gasteiger partial charge in [-0.15, -0.1) is 11.8 Å².